The summed E-state index contributed by atoms with van der Waals surface area (Å²) in [5, 5.41) is 10.3. The Kier molecular flexibility index (Phi) is 5.75. The third-order valence-electron chi connectivity index (χ3n) is 4.81. The van der Waals surface area contributed by atoms with E-state index < -0.39 is 6.23 Å². The first-order valence-electron chi connectivity index (χ1n) is 9.13. The molecule has 1 unspecified atom stereocenters. The fourth-order valence-corrected chi connectivity index (χ4v) is 3.20. The van der Waals surface area contributed by atoms with Gasteiger partial charge in [-0.1, -0.05) is 24.3 Å². The van der Waals surface area contributed by atoms with Crippen LogP contribution in [-0.4, -0.2) is 41.8 Å². The lowest BCUT2D eigenvalue weighted by Gasteiger charge is -2.26. The standard InChI is InChI=1S/C21H24N4O3/c1-3-28-21(25-11-16-8-9-18(26)13(2)17(16)12-25)20(27)24-10-14-4-6-15(7-5-14)19(22)23/h4-9,11,21H,3,10,12H2,1-2H3,(H3,22,23)(H,24,27). The van der Waals surface area contributed by atoms with Crippen molar-refractivity contribution in [3.63, 3.8) is 0 Å². The van der Waals surface area contributed by atoms with Crippen molar-refractivity contribution in [2.45, 2.75) is 26.6 Å². The number of carbonyl (C=O) groups excluding carboxylic acids is 2. The summed E-state index contributed by atoms with van der Waals surface area (Å²) in [6.45, 7) is 4.83. The number of nitrogens with zero attached hydrogens (tertiary/aromatic N) is 1. The Bertz CT molecular complexity index is 897. The van der Waals surface area contributed by atoms with Crippen LogP contribution in [0.2, 0.25) is 0 Å². The lowest BCUT2D eigenvalue weighted by Crippen LogP contribution is -2.45. The Morgan fingerprint density at radius 2 is 2.04 bits per heavy atom. The quantitative estimate of drug-likeness (QED) is 0.492. The van der Waals surface area contributed by atoms with Gasteiger partial charge in [0, 0.05) is 37.0 Å². The Labute approximate surface area is 164 Å². The number of nitrogens with one attached hydrogen (secondary N) is 2. The molecule has 2 aliphatic rings. The van der Waals surface area contributed by atoms with Gasteiger partial charge in [0.2, 0.25) is 6.23 Å². The average Bonchev–Trinajstić information content (AvgIpc) is 3.12. The molecular weight excluding hydrogens is 356 g/mol. The minimum absolute atomic E-state index is 0.000388. The third-order valence-corrected chi connectivity index (χ3v) is 4.81. The van der Waals surface area contributed by atoms with Crippen molar-refractivity contribution in [2.24, 2.45) is 5.73 Å². The number of hydrogen-bond acceptors (Lipinski definition) is 5. The van der Waals surface area contributed by atoms with E-state index >= 15 is 0 Å². The third kappa shape index (κ3) is 4.04. The fourth-order valence-electron chi connectivity index (χ4n) is 3.20. The molecule has 0 bridgehead atoms. The number of allylic oxidation sites excluding steroid dienone is 3. The van der Waals surface area contributed by atoms with Crippen LogP contribution >= 0.6 is 0 Å². The molecule has 7 nitrogen and oxygen atoms in total. The van der Waals surface area contributed by atoms with Crippen LogP contribution in [0.4, 0.5) is 0 Å². The first-order valence-corrected chi connectivity index (χ1v) is 9.13. The molecule has 1 amide bonds. The number of amidine groups is 1. The van der Waals surface area contributed by atoms with Crippen molar-refractivity contribution in [1.29, 1.82) is 5.41 Å². The molecule has 0 fully saturated rings. The maximum Gasteiger partial charge on any atom is 0.270 e. The van der Waals surface area contributed by atoms with Gasteiger partial charge in [-0.25, -0.2) is 0 Å². The molecule has 28 heavy (non-hydrogen) atoms. The van der Waals surface area contributed by atoms with E-state index in [-0.39, 0.29) is 17.5 Å². The summed E-state index contributed by atoms with van der Waals surface area (Å²) in [6, 6.07) is 7.14. The highest BCUT2D eigenvalue weighted by atomic mass is 16.5. The van der Waals surface area contributed by atoms with Crippen LogP contribution in [0.1, 0.15) is 25.0 Å². The minimum atomic E-state index is -0.775. The predicted molar refractivity (Wildman–Crippen MR) is 106 cm³/mol. The summed E-state index contributed by atoms with van der Waals surface area (Å²) in [4.78, 5) is 26.4. The Morgan fingerprint density at radius 1 is 1.32 bits per heavy atom. The second-order valence-electron chi connectivity index (χ2n) is 6.69. The molecule has 0 aromatic heterocycles. The molecule has 0 saturated heterocycles. The van der Waals surface area contributed by atoms with Crippen molar-refractivity contribution in [1.82, 2.24) is 10.2 Å². The SMILES string of the molecule is CCOC(C(=O)NCc1ccc(C(=N)N)cc1)N1C=C2C=CC(=O)C(C)=C2C1. The molecule has 4 N–H and O–H groups in total. The van der Waals surface area contributed by atoms with E-state index in [1.807, 2.05) is 30.2 Å². The van der Waals surface area contributed by atoms with Gasteiger partial charge in [-0.3, -0.25) is 15.0 Å². The van der Waals surface area contributed by atoms with Gasteiger partial charge in [0.15, 0.2) is 5.78 Å². The van der Waals surface area contributed by atoms with Crippen LogP contribution in [0.25, 0.3) is 0 Å². The summed E-state index contributed by atoms with van der Waals surface area (Å²) in [7, 11) is 0. The molecule has 0 spiro atoms. The van der Waals surface area contributed by atoms with E-state index in [2.05, 4.69) is 5.32 Å². The normalized spacial score (nSPS) is 16.7. The molecule has 1 aliphatic carbocycles. The monoisotopic (exact) mass is 380 g/mol. The van der Waals surface area contributed by atoms with E-state index in [0.29, 0.717) is 30.8 Å². The number of fused-ring (bicyclic) bond motifs is 1. The molecular formula is C21H24N4O3. The lowest BCUT2D eigenvalue weighted by atomic mass is 9.95. The van der Waals surface area contributed by atoms with Crippen LogP contribution in [0.3, 0.4) is 0 Å². The van der Waals surface area contributed by atoms with Gasteiger partial charge in [0.1, 0.15) is 5.84 Å². The smallest absolute Gasteiger partial charge is 0.270 e. The average molecular weight is 380 g/mol. The van der Waals surface area contributed by atoms with E-state index in [0.717, 1.165) is 16.7 Å². The van der Waals surface area contributed by atoms with E-state index in [9.17, 15) is 9.59 Å². The molecule has 1 atom stereocenters. The van der Waals surface area contributed by atoms with Crippen LogP contribution in [-0.2, 0) is 20.9 Å². The molecule has 146 valence electrons. The molecule has 1 aliphatic heterocycles. The van der Waals surface area contributed by atoms with Crippen molar-refractivity contribution in [3.05, 3.63) is 70.5 Å². The first-order chi connectivity index (χ1) is 13.4. The zero-order chi connectivity index (χ0) is 20.3. The van der Waals surface area contributed by atoms with E-state index in [1.165, 1.54) is 0 Å². The van der Waals surface area contributed by atoms with Gasteiger partial charge >= 0.3 is 0 Å². The molecule has 7 heteroatoms. The second kappa shape index (κ2) is 8.22. The van der Waals surface area contributed by atoms with Crippen LogP contribution in [0, 0.1) is 5.41 Å². The summed E-state index contributed by atoms with van der Waals surface area (Å²) < 4.78 is 5.69. The van der Waals surface area contributed by atoms with Gasteiger partial charge in [-0.2, -0.15) is 0 Å². The summed E-state index contributed by atoms with van der Waals surface area (Å²) in [6.07, 6.45) is 4.42. The highest BCUT2D eigenvalue weighted by molar-refractivity contribution is 6.06. The number of rotatable bonds is 7. The molecule has 1 heterocycles. The number of benzene rings is 1. The maximum absolute atomic E-state index is 12.8. The Hall–Kier alpha value is -3.19. The lowest BCUT2D eigenvalue weighted by molar-refractivity contribution is -0.142. The zero-order valence-corrected chi connectivity index (χ0v) is 16.0. The highest BCUT2D eigenvalue weighted by Crippen LogP contribution is 2.30. The number of ketones is 1. The summed E-state index contributed by atoms with van der Waals surface area (Å²) in [5.74, 6) is -0.241. The van der Waals surface area contributed by atoms with Crippen LogP contribution in [0.15, 0.2) is 59.3 Å². The molecule has 0 radical (unpaired) electrons. The van der Waals surface area contributed by atoms with Gasteiger partial charge < -0.3 is 20.7 Å². The zero-order valence-electron chi connectivity index (χ0n) is 16.0. The number of amides is 1. The number of carbonyl (C=O) groups is 2. The minimum Gasteiger partial charge on any atom is -0.384 e. The Balaban J connectivity index is 1.68. The number of nitrogens with two attached hydrogens (primary N) is 1. The number of nitrogen functional groups attached to an aromatic ring is 1. The van der Waals surface area contributed by atoms with Crippen molar-refractivity contribution in [2.75, 3.05) is 13.2 Å². The fraction of sp³-hybridized carbons (Fsp3) is 0.286. The van der Waals surface area contributed by atoms with Crippen molar-refractivity contribution in [3.8, 4) is 0 Å². The predicted octanol–water partition coefficient (Wildman–Crippen LogP) is 1.60. The number of hydrogen-bond donors (Lipinski definition) is 3. The van der Waals surface area contributed by atoms with Crippen molar-refractivity contribution < 1.29 is 14.3 Å². The first kappa shape index (κ1) is 19.6. The Morgan fingerprint density at radius 3 is 2.68 bits per heavy atom. The summed E-state index contributed by atoms with van der Waals surface area (Å²) >= 11 is 0. The maximum atomic E-state index is 12.8. The topological polar surface area (TPSA) is 109 Å². The van der Waals surface area contributed by atoms with Crippen LogP contribution < -0.4 is 11.1 Å². The van der Waals surface area contributed by atoms with E-state index in [4.69, 9.17) is 15.9 Å². The molecule has 0 saturated carbocycles. The van der Waals surface area contributed by atoms with Gasteiger partial charge in [0.05, 0.1) is 0 Å². The molecule has 3 rings (SSSR count). The summed E-state index contributed by atoms with van der Waals surface area (Å²) in [5.41, 5.74) is 9.57. The molecule has 1 aromatic rings. The largest absolute Gasteiger partial charge is 0.384 e. The highest BCUT2D eigenvalue weighted by Gasteiger charge is 2.31. The molecule has 1 aromatic carbocycles. The number of ether oxygens (including phenoxy) is 1. The van der Waals surface area contributed by atoms with Crippen LogP contribution in [0.5, 0.6) is 0 Å². The van der Waals surface area contributed by atoms with E-state index in [1.54, 1.807) is 31.2 Å². The van der Waals surface area contributed by atoms with Gasteiger partial charge in [-0.05, 0) is 42.7 Å². The van der Waals surface area contributed by atoms with Gasteiger partial charge in [-0.15, -0.1) is 0 Å². The van der Waals surface area contributed by atoms with Crippen molar-refractivity contribution >= 4 is 17.5 Å². The second-order valence-corrected chi connectivity index (χ2v) is 6.69. The van der Waals surface area contributed by atoms with Gasteiger partial charge in [0.25, 0.3) is 5.91 Å².